The molecule has 0 saturated heterocycles. The van der Waals surface area contributed by atoms with Crippen molar-refractivity contribution in [3.05, 3.63) is 81.8 Å². The number of carbonyl (C=O) groups is 1. The van der Waals surface area contributed by atoms with Crippen LogP contribution in [0.4, 0.5) is 10.1 Å². The van der Waals surface area contributed by atoms with E-state index in [2.05, 4.69) is 10.3 Å². The molecule has 0 unspecified atom stereocenters. The molecule has 1 N–H and O–H groups in total. The van der Waals surface area contributed by atoms with Gasteiger partial charge in [-0.15, -0.1) is 0 Å². The van der Waals surface area contributed by atoms with Crippen LogP contribution in [-0.2, 0) is 0 Å². The number of aryl methyl sites for hydroxylation is 1. The van der Waals surface area contributed by atoms with Crippen molar-refractivity contribution in [2.24, 2.45) is 0 Å². The lowest BCUT2D eigenvalue weighted by Gasteiger charge is -2.12. The molecule has 26 heavy (non-hydrogen) atoms. The van der Waals surface area contributed by atoms with E-state index in [0.717, 1.165) is 11.6 Å². The van der Waals surface area contributed by atoms with Gasteiger partial charge < -0.3 is 10.1 Å². The number of aromatic nitrogens is 1. The van der Waals surface area contributed by atoms with Gasteiger partial charge in [0.1, 0.15) is 17.3 Å². The summed E-state index contributed by atoms with van der Waals surface area (Å²) in [6.07, 6.45) is 3.26. The second kappa shape index (κ2) is 7.72. The molecule has 7 heteroatoms. The number of nitrogens with zero attached hydrogens (tertiary/aromatic N) is 1. The van der Waals surface area contributed by atoms with Gasteiger partial charge in [-0.3, -0.25) is 9.78 Å². The summed E-state index contributed by atoms with van der Waals surface area (Å²) in [5.41, 5.74) is 1.33. The van der Waals surface area contributed by atoms with Crippen LogP contribution < -0.4 is 10.1 Å². The number of nitrogens with one attached hydrogen (secondary N) is 1. The quantitative estimate of drug-likeness (QED) is 0.565. The van der Waals surface area contributed by atoms with E-state index in [1.807, 2.05) is 6.92 Å². The van der Waals surface area contributed by atoms with Gasteiger partial charge in [-0.1, -0.05) is 23.2 Å². The van der Waals surface area contributed by atoms with Crippen molar-refractivity contribution >= 4 is 34.8 Å². The maximum Gasteiger partial charge on any atom is 0.257 e. The largest absolute Gasteiger partial charge is 0.455 e. The number of pyridine rings is 1. The van der Waals surface area contributed by atoms with Gasteiger partial charge in [0, 0.05) is 11.9 Å². The zero-order valence-electron chi connectivity index (χ0n) is 13.6. The third-order valence-electron chi connectivity index (χ3n) is 3.55. The summed E-state index contributed by atoms with van der Waals surface area (Å²) in [5.74, 6) is -0.00844. The van der Waals surface area contributed by atoms with Gasteiger partial charge in [-0.25, -0.2) is 4.39 Å². The van der Waals surface area contributed by atoms with E-state index in [0.29, 0.717) is 17.2 Å². The minimum absolute atomic E-state index is 0.00176. The Labute approximate surface area is 159 Å². The van der Waals surface area contributed by atoms with E-state index >= 15 is 0 Å². The zero-order chi connectivity index (χ0) is 18.7. The molecule has 4 nitrogen and oxygen atoms in total. The van der Waals surface area contributed by atoms with Crippen LogP contribution in [0, 0.1) is 12.7 Å². The zero-order valence-corrected chi connectivity index (χ0v) is 15.1. The van der Waals surface area contributed by atoms with Crippen LogP contribution in [0.3, 0.4) is 0 Å². The van der Waals surface area contributed by atoms with Crippen LogP contribution in [0.15, 0.2) is 54.9 Å². The average molecular weight is 391 g/mol. The summed E-state index contributed by atoms with van der Waals surface area (Å²) in [4.78, 5) is 16.3. The Hall–Kier alpha value is -2.63. The molecule has 132 valence electrons. The molecular weight excluding hydrogens is 378 g/mol. The van der Waals surface area contributed by atoms with Gasteiger partial charge in [0.15, 0.2) is 0 Å². The van der Waals surface area contributed by atoms with Crippen molar-refractivity contribution in [3.63, 3.8) is 0 Å². The molecular formula is C19H13Cl2FN2O2. The van der Waals surface area contributed by atoms with Gasteiger partial charge in [0.05, 0.1) is 21.8 Å². The van der Waals surface area contributed by atoms with Crippen LogP contribution in [0.25, 0.3) is 0 Å². The van der Waals surface area contributed by atoms with Crippen molar-refractivity contribution in [2.75, 3.05) is 5.32 Å². The SMILES string of the molecule is Cc1cc(NC(=O)c2cc(F)c(Cl)cc2Cl)ccc1Oc1cccnc1. The highest BCUT2D eigenvalue weighted by Crippen LogP contribution is 2.28. The number of hydrogen-bond donors (Lipinski definition) is 1. The maximum atomic E-state index is 13.6. The number of amides is 1. The molecule has 0 fully saturated rings. The minimum atomic E-state index is -0.711. The predicted octanol–water partition coefficient (Wildman–Crippen LogP) is 5.88. The van der Waals surface area contributed by atoms with Gasteiger partial charge in [0.2, 0.25) is 0 Å². The lowest BCUT2D eigenvalue weighted by molar-refractivity contribution is 0.102. The van der Waals surface area contributed by atoms with Gasteiger partial charge in [0.25, 0.3) is 5.91 Å². The van der Waals surface area contributed by atoms with Crippen LogP contribution in [0.1, 0.15) is 15.9 Å². The molecule has 1 amide bonds. The van der Waals surface area contributed by atoms with E-state index in [4.69, 9.17) is 27.9 Å². The molecule has 0 radical (unpaired) electrons. The molecule has 2 aromatic carbocycles. The summed E-state index contributed by atoms with van der Waals surface area (Å²) in [6, 6.07) is 10.9. The minimum Gasteiger partial charge on any atom is -0.455 e. The van der Waals surface area contributed by atoms with Crippen molar-refractivity contribution in [2.45, 2.75) is 6.92 Å². The molecule has 1 heterocycles. The fraction of sp³-hybridized carbons (Fsp3) is 0.0526. The first kappa shape index (κ1) is 18.2. The van der Waals surface area contributed by atoms with E-state index in [1.54, 1.807) is 42.7 Å². The molecule has 1 aromatic heterocycles. The Kier molecular flexibility index (Phi) is 5.40. The monoisotopic (exact) mass is 390 g/mol. The summed E-state index contributed by atoms with van der Waals surface area (Å²) in [6.45, 7) is 1.84. The van der Waals surface area contributed by atoms with Gasteiger partial charge in [-0.2, -0.15) is 0 Å². The second-order valence-corrected chi connectivity index (χ2v) is 6.29. The molecule has 3 rings (SSSR count). The molecule has 0 bridgehead atoms. The normalized spacial score (nSPS) is 10.5. The second-order valence-electron chi connectivity index (χ2n) is 5.47. The first-order valence-electron chi connectivity index (χ1n) is 7.58. The lowest BCUT2D eigenvalue weighted by atomic mass is 10.1. The molecule has 0 spiro atoms. The van der Waals surface area contributed by atoms with Crippen molar-refractivity contribution in [1.82, 2.24) is 4.98 Å². The van der Waals surface area contributed by atoms with Crippen LogP contribution in [0.5, 0.6) is 11.5 Å². The number of ether oxygens (including phenoxy) is 1. The molecule has 0 aliphatic heterocycles. The first-order chi connectivity index (χ1) is 12.4. The molecule has 0 atom stereocenters. The number of rotatable bonds is 4. The molecule has 0 aliphatic rings. The van der Waals surface area contributed by atoms with Crippen LogP contribution in [-0.4, -0.2) is 10.9 Å². The fourth-order valence-corrected chi connectivity index (χ4v) is 2.74. The lowest BCUT2D eigenvalue weighted by Crippen LogP contribution is -2.13. The Bertz CT molecular complexity index is 965. The summed E-state index contributed by atoms with van der Waals surface area (Å²) >= 11 is 11.6. The van der Waals surface area contributed by atoms with E-state index in [1.165, 1.54) is 6.07 Å². The maximum absolute atomic E-state index is 13.6. The molecule has 0 aliphatic carbocycles. The Balaban J connectivity index is 1.77. The van der Waals surface area contributed by atoms with Crippen molar-refractivity contribution < 1.29 is 13.9 Å². The summed E-state index contributed by atoms with van der Waals surface area (Å²) in [5, 5.41) is 2.61. The van der Waals surface area contributed by atoms with Crippen LogP contribution in [0.2, 0.25) is 10.0 Å². The number of hydrogen-bond acceptors (Lipinski definition) is 3. The number of anilines is 1. The summed E-state index contributed by atoms with van der Waals surface area (Å²) in [7, 11) is 0. The Morgan fingerprint density at radius 2 is 1.96 bits per heavy atom. The average Bonchev–Trinajstić information content (AvgIpc) is 2.61. The Morgan fingerprint density at radius 1 is 1.15 bits per heavy atom. The third kappa shape index (κ3) is 4.12. The van der Waals surface area contributed by atoms with E-state index in [9.17, 15) is 9.18 Å². The fourth-order valence-electron chi connectivity index (χ4n) is 2.27. The topological polar surface area (TPSA) is 51.2 Å². The molecule has 3 aromatic rings. The van der Waals surface area contributed by atoms with E-state index in [-0.39, 0.29) is 15.6 Å². The number of halogens is 3. The highest BCUT2D eigenvalue weighted by atomic mass is 35.5. The predicted molar refractivity (Wildman–Crippen MR) is 99.9 cm³/mol. The number of benzene rings is 2. The van der Waals surface area contributed by atoms with E-state index < -0.39 is 11.7 Å². The van der Waals surface area contributed by atoms with Crippen molar-refractivity contribution in [3.8, 4) is 11.5 Å². The number of carbonyl (C=O) groups excluding carboxylic acids is 1. The highest BCUT2D eigenvalue weighted by Gasteiger charge is 2.15. The third-order valence-corrected chi connectivity index (χ3v) is 4.15. The highest BCUT2D eigenvalue weighted by molar-refractivity contribution is 6.37. The first-order valence-corrected chi connectivity index (χ1v) is 8.34. The summed E-state index contributed by atoms with van der Waals surface area (Å²) < 4.78 is 19.3. The van der Waals surface area contributed by atoms with Crippen LogP contribution >= 0.6 is 23.2 Å². The standard InChI is InChI=1S/C19H13Cl2FN2O2/c1-11-7-12(4-5-18(11)26-13-3-2-6-23-10-13)24-19(25)14-8-17(22)16(21)9-15(14)20/h2-10H,1H3,(H,24,25). The van der Waals surface area contributed by atoms with Gasteiger partial charge in [-0.05, 0) is 55.0 Å². The molecule has 0 saturated carbocycles. The Morgan fingerprint density at radius 3 is 2.65 bits per heavy atom. The van der Waals surface area contributed by atoms with Crippen molar-refractivity contribution in [1.29, 1.82) is 0 Å². The smallest absolute Gasteiger partial charge is 0.257 e. The van der Waals surface area contributed by atoms with Gasteiger partial charge >= 0.3 is 0 Å².